The molecule has 1 unspecified atom stereocenters. The third-order valence-electron chi connectivity index (χ3n) is 3.50. The van der Waals surface area contributed by atoms with Gasteiger partial charge in [0.25, 0.3) is 0 Å². The minimum atomic E-state index is -4.53. The summed E-state index contributed by atoms with van der Waals surface area (Å²) in [5.74, 6) is 0. The van der Waals surface area contributed by atoms with Crippen LogP contribution in [0, 0.1) is 0 Å². The molecule has 0 spiro atoms. The van der Waals surface area contributed by atoms with E-state index in [9.17, 15) is 18.0 Å². The predicted octanol–water partition coefficient (Wildman–Crippen LogP) is 3.13. The minimum Gasteiger partial charge on any atom is -0.377 e. The van der Waals surface area contributed by atoms with Crippen molar-refractivity contribution in [1.29, 1.82) is 0 Å². The van der Waals surface area contributed by atoms with Gasteiger partial charge in [0.15, 0.2) is 6.29 Å². The first-order valence-electron chi connectivity index (χ1n) is 6.48. The van der Waals surface area contributed by atoms with Crippen molar-refractivity contribution in [2.45, 2.75) is 25.6 Å². The van der Waals surface area contributed by atoms with E-state index < -0.39 is 11.7 Å². The molecule has 2 rings (SSSR count). The quantitative estimate of drug-likeness (QED) is 0.800. The van der Waals surface area contributed by atoms with Gasteiger partial charge in [0.2, 0.25) is 0 Å². The van der Waals surface area contributed by atoms with Crippen molar-refractivity contribution < 1.29 is 22.7 Å². The molecule has 1 heterocycles. The van der Waals surface area contributed by atoms with Crippen molar-refractivity contribution in [3.8, 4) is 0 Å². The molecule has 3 nitrogen and oxygen atoms in total. The highest BCUT2D eigenvalue weighted by Crippen LogP contribution is 2.35. The van der Waals surface area contributed by atoms with Crippen LogP contribution in [-0.4, -0.2) is 32.1 Å². The Morgan fingerprint density at radius 1 is 1.45 bits per heavy atom. The van der Waals surface area contributed by atoms with Gasteiger partial charge >= 0.3 is 6.18 Å². The molecule has 0 N–H and O–H groups in total. The Morgan fingerprint density at radius 3 is 2.80 bits per heavy atom. The van der Waals surface area contributed by atoms with Gasteiger partial charge in [0.1, 0.15) is 0 Å². The molecule has 1 aromatic carbocycles. The smallest absolute Gasteiger partial charge is 0.377 e. The number of aldehydes is 1. The van der Waals surface area contributed by atoms with E-state index >= 15 is 0 Å². The number of morpholine rings is 1. The summed E-state index contributed by atoms with van der Waals surface area (Å²) in [7, 11) is 0. The van der Waals surface area contributed by atoms with Gasteiger partial charge in [-0.3, -0.25) is 4.79 Å². The van der Waals surface area contributed by atoms with E-state index in [1.165, 1.54) is 6.07 Å². The monoisotopic (exact) mass is 287 g/mol. The highest BCUT2D eigenvalue weighted by atomic mass is 19.4. The van der Waals surface area contributed by atoms with Gasteiger partial charge in [-0.1, -0.05) is 6.92 Å². The van der Waals surface area contributed by atoms with Crippen LogP contribution >= 0.6 is 0 Å². The first kappa shape index (κ1) is 14.8. The maximum Gasteiger partial charge on any atom is 0.417 e. The van der Waals surface area contributed by atoms with Crippen LogP contribution in [0.1, 0.15) is 29.3 Å². The number of nitrogens with zero attached hydrogens (tertiary/aromatic N) is 1. The molecule has 1 fully saturated rings. The number of hydrogen-bond donors (Lipinski definition) is 0. The van der Waals surface area contributed by atoms with Crippen LogP contribution < -0.4 is 4.90 Å². The second kappa shape index (κ2) is 5.83. The van der Waals surface area contributed by atoms with E-state index in [-0.39, 0.29) is 17.9 Å². The van der Waals surface area contributed by atoms with Crippen LogP contribution in [0.15, 0.2) is 18.2 Å². The normalized spacial score (nSPS) is 20.0. The second-order valence-electron chi connectivity index (χ2n) is 4.72. The highest BCUT2D eigenvalue weighted by molar-refractivity contribution is 5.79. The maximum atomic E-state index is 13.0. The molecule has 6 heteroatoms. The number of alkyl halides is 3. The van der Waals surface area contributed by atoms with Crippen LogP contribution in [-0.2, 0) is 10.9 Å². The molecular weight excluding hydrogens is 271 g/mol. The Labute approximate surface area is 115 Å². The van der Waals surface area contributed by atoms with Crippen LogP contribution in [0.3, 0.4) is 0 Å². The van der Waals surface area contributed by atoms with Crippen LogP contribution in [0.4, 0.5) is 18.9 Å². The third kappa shape index (κ3) is 2.95. The molecule has 0 aliphatic carbocycles. The van der Waals surface area contributed by atoms with Crippen molar-refractivity contribution in [3.05, 3.63) is 29.3 Å². The molecule has 1 aromatic rings. The van der Waals surface area contributed by atoms with Crippen molar-refractivity contribution in [2.75, 3.05) is 24.7 Å². The predicted molar refractivity (Wildman–Crippen MR) is 69.1 cm³/mol. The lowest BCUT2D eigenvalue weighted by Gasteiger charge is -2.37. The van der Waals surface area contributed by atoms with E-state index in [1.807, 2.05) is 11.8 Å². The fourth-order valence-electron chi connectivity index (χ4n) is 2.40. The number of ether oxygens (including phenoxy) is 1. The zero-order valence-electron chi connectivity index (χ0n) is 11.1. The van der Waals surface area contributed by atoms with Gasteiger partial charge in [-0.15, -0.1) is 0 Å². The molecule has 0 saturated carbocycles. The van der Waals surface area contributed by atoms with Gasteiger partial charge in [-0.2, -0.15) is 13.2 Å². The summed E-state index contributed by atoms with van der Waals surface area (Å²) in [5.41, 5.74) is -0.730. The average Bonchev–Trinajstić information content (AvgIpc) is 2.45. The molecule has 1 aliphatic rings. The molecule has 0 bridgehead atoms. The molecule has 20 heavy (non-hydrogen) atoms. The lowest BCUT2D eigenvalue weighted by molar-refractivity contribution is -0.137. The Kier molecular flexibility index (Phi) is 4.32. The average molecular weight is 287 g/mol. The van der Waals surface area contributed by atoms with E-state index in [0.717, 1.165) is 12.5 Å². The zero-order valence-corrected chi connectivity index (χ0v) is 11.1. The second-order valence-corrected chi connectivity index (χ2v) is 4.72. The lowest BCUT2D eigenvalue weighted by Crippen LogP contribution is -2.45. The Morgan fingerprint density at radius 2 is 2.20 bits per heavy atom. The fourth-order valence-corrected chi connectivity index (χ4v) is 2.40. The Hall–Kier alpha value is -1.56. The summed E-state index contributed by atoms with van der Waals surface area (Å²) < 4.78 is 44.2. The van der Waals surface area contributed by atoms with E-state index in [0.29, 0.717) is 25.4 Å². The molecule has 0 amide bonds. The minimum absolute atomic E-state index is 0.0620. The van der Waals surface area contributed by atoms with Crippen molar-refractivity contribution in [1.82, 2.24) is 0 Å². The molecule has 110 valence electrons. The van der Waals surface area contributed by atoms with E-state index in [4.69, 9.17) is 4.74 Å². The summed E-state index contributed by atoms with van der Waals surface area (Å²) >= 11 is 0. The topological polar surface area (TPSA) is 29.5 Å². The van der Waals surface area contributed by atoms with Crippen LogP contribution in [0.5, 0.6) is 0 Å². The zero-order chi connectivity index (χ0) is 14.8. The number of carbonyl (C=O) groups is 1. The summed E-state index contributed by atoms with van der Waals surface area (Å²) in [6.07, 6.45) is -3.50. The largest absolute Gasteiger partial charge is 0.417 e. The van der Waals surface area contributed by atoms with E-state index in [2.05, 4.69) is 0 Å². The molecule has 1 saturated heterocycles. The van der Waals surface area contributed by atoms with Crippen LogP contribution in [0.2, 0.25) is 0 Å². The number of rotatable bonds is 3. The van der Waals surface area contributed by atoms with Crippen molar-refractivity contribution in [3.63, 3.8) is 0 Å². The summed E-state index contributed by atoms with van der Waals surface area (Å²) in [5, 5.41) is 0. The van der Waals surface area contributed by atoms with Gasteiger partial charge in [0, 0.05) is 17.8 Å². The van der Waals surface area contributed by atoms with Crippen molar-refractivity contribution >= 4 is 12.0 Å². The number of carbonyl (C=O) groups excluding carboxylic acids is 1. The molecule has 1 atom stereocenters. The van der Waals surface area contributed by atoms with Crippen molar-refractivity contribution in [2.24, 2.45) is 0 Å². The molecule has 0 aromatic heterocycles. The first-order chi connectivity index (χ1) is 9.47. The van der Waals surface area contributed by atoms with Gasteiger partial charge < -0.3 is 9.64 Å². The Balaban J connectivity index is 2.39. The SMILES string of the molecule is CCC1COCCN1c1ccc(C=O)c(C(F)(F)F)c1. The third-order valence-corrected chi connectivity index (χ3v) is 3.50. The summed E-state index contributed by atoms with van der Waals surface area (Å²) in [4.78, 5) is 12.7. The summed E-state index contributed by atoms with van der Waals surface area (Å²) in [6.45, 7) is 3.52. The number of hydrogen-bond acceptors (Lipinski definition) is 3. The van der Waals surface area contributed by atoms with Gasteiger partial charge in [-0.05, 0) is 24.6 Å². The number of halogens is 3. The van der Waals surface area contributed by atoms with E-state index in [1.54, 1.807) is 6.07 Å². The fraction of sp³-hybridized carbons (Fsp3) is 0.500. The standard InChI is InChI=1S/C14H16F3NO2/c1-2-11-9-20-6-5-18(11)12-4-3-10(8-19)13(7-12)14(15,16)17/h3-4,7-8,11H,2,5-6,9H2,1H3. The van der Waals surface area contributed by atoms with Crippen LogP contribution in [0.25, 0.3) is 0 Å². The molecule has 0 radical (unpaired) electrons. The van der Waals surface area contributed by atoms with Gasteiger partial charge in [0.05, 0.1) is 24.8 Å². The highest BCUT2D eigenvalue weighted by Gasteiger charge is 2.34. The first-order valence-corrected chi connectivity index (χ1v) is 6.48. The number of benzene rings is 1. The molecule has 1 aliphatic heterocycles. The molecular formula is C14H16F3NO2. The maximum absolute atomic E-state index is 13.0. The lowest BCUT2D eigenvalue weighted by atomic mass is 10.0. The van der Waals surface area contributed by atoms with Gasteiger partial charge in [-0.25, -0.2) is 0 Å². The summed E-state index contributed by atoms with van der Waals surface area (Å²) in [6, 6.07) is 3.91. The number of anilines is 1. The Bertz CT molecular complexity index is 488.